The van der Waals surface area contributed by atoms with Crippen molar-refractivity contribution in [1.82, 2.24) is 20.4 Å². The summed E-state index contributed by atoms with van der Waals surface area (Å²) in [6.45, 7) is 7.44. The molecule has 0 saturated carbocycles. The number of nitrogens with one attached hydrogen (secondary N) is 2. The van der Waals surface area contributed by atoms with Gasteiger partial charge in [0, 0.05) is 38.9 Å². The molecule has 1 saturated heterocycles. The summed E-state index contributed by atoms with van der Waals surface area (Å²) in [5, 5.41) is 11.1. The van der Waals surface area contributed by atoms with Crippen molar-refractivity contribution in [3.8, 4) is 0 Å². The molecule has 3 rings (SSSR count). The fraction of sp³-hybridized carbons (Fsp3) is 0.524. The van der Waals surface area contributed by atoms with E-state index in [9.17, 15) is 0 Å². The molecule has 0 aliphatic carbocycles. The summed E-state index contributed by atoms with van der Waals surface area (Å²) in [7, 11) is 1.81. The lowest BCUT2D eigenvalue weighted by atomic mass is 9.89. The minimum absolute atomic E-state index is 0.150. The van der Waals surface area contributed by atoms with Gasteiger partial charge in [0.1, 0.15) is 0 Å². The zero-order valence-electron chi connectivity index (χ0n) is 16.6. The average molecular weight is 370 g/mol. The van der Waals surface area contributed by atoms with Crippen LogP contribution < -0.4 is 10.6 Å². The van der Waals surface area contributed by atoms with Crippen molar-refractivity contribution in [1.29, 1.82) is 0 Å². The summed E-state index contributed by atoms with van der Waals surface area (Å²) in [6, 6.07) is 8.71. The minimum Gasteiger partial charge on any atom is -0.373 e. The Bertz CT molecular complexity index is 737. The standard InChI is InChI=1S/C21H31N5O/c1-16-6-8-18(9-7-16)20-19(5-4-12-27-20)14-24-21(22-3)23-10-11-26-15-17(2)13-25-26/h6-9,13,15,19-20H,4-5,10-12,14H2,1-3H3,(H2,22,23,24). The first-order valence-corrected chi connectivity index (χ1v) is 9.77. The Hall–Kier alpha value is -2.34. The van der Waals surface area contributed by atoms with Crippen molar-refractivity contribution in [2.24, 2.45) is 10.9 Å². The Labute approximate surface area is 162 Å². The van der Waals surface area contributed by atoms with Gasteiger partial charge in [0.05, 0.1) is 18.8 Å². The molecule has 146 valence electrons. The summed E-state index contributed by atoms with van der Waals surface area (Å²) in [5.74, 6) is 1.26. The van der Waals surface area contributed by atoms with E-state index in [1.54, 1.807) is 0 Å². The van der Waals surface area contributed by atoms with Crippen molar-refractivity contribution in [3.05, 3.63) is 53.3 Å². The zero-order valence-corrected chi connectivity index (χ0v) is 16.6. The highest BCUT2D eigenvalue weighted by molar-refractivity contribution is 5.79. The van der Waals surface area contributed by atoms with Crippen LogP contribution in [0.25, 0.3) is 0 Å². The van der Waals surface area contributed by atoms with Crippen molar-refractivity contribution < 1.29 is 4.74 Å². The molecular weight excluding hydrogens is 338 g/mol. The van der Waals surface area contributed by atoms with Gasteiger partial charge < -0.3 is 15.4 Å². The van der Waals surface area contributed by atoms with Crippen molar-refractivity contribution in [2.75, 3.05) is 26.7 Å². The Morgan fingerprint density at radius 3 is 2.74 bits per heavy atom. The lowest BCUT2D eigenvalue weighted by Gasteiger charge is -2.32. The van der Waals surface area contributed by atoms with Crippen LogP contribution >= 0.6 is 0 Å². The van der Waals surface area contributed by atoms with E-state index in [0.717, 1.165) is 45.0 Å². The number of aliphatic imine (C=N–C) groups is 1. The van der Waals surface area contributed by atoms with Crippen LogP contribution in [0.1, 0.15) is 35.6 Å². The molecule has 0 amide bonds. The molecule has 1 aromatic carbocycles. The van der Waals surface area contributed by atoms with E-state index < -0.39 is 0 Å². The summed E-state index contributed by atoms with van der Waals surface area (Å²) in [5.41, 5.74) is 3.72. The molecule has 1 aliphatic heterocycles. The summed E-state index contributed by atoms with van der Waals surface area (Å²) in [4.78, 5) is 4.34. The molecule has 2 heterocycles. The van der Waals surface area contributed by atoms with E-state index in [2.05, 4.69) is 51.9 Å². The first kappa shape index (κ1) is 19.4. The summed E-state index contributed by atoms with van der Waals surface area (Å²) in [6.07, 6.45) is 6.34. The number of hydrogen-bond donors (Lipinski definition) is 2. The molecular formula is C21H31N5O. The van der Waals surface area contributed by atoms with Crippen LogP contribution in [0.4, 0.5) is 0 Å². The van der Waals surface area contributed by atoms with Crippen molar-refractivity contribution >= 4 is 5.96 Å². The van der Waals surface area contributed by atoms with Gasteiger partial charge in [0.2, 0.25) is 0 Å². The molecule has 1 fully saturated rings. The van der Waals surface area contributed by atoms with Gasteiger partial charge in [-0.15, -0.1) is 0 Å². The first-order chi connectivity index (χ1) is 13.2. The van der Waals surface area contributed by atoms with Crippen molar-refractivity contribution in [2.45, 2.75) is 39.3 Å². The second kappa shape index (κ2) is 9.55. The third-order valence-electron chi connectivity index (χ3n) is 5.00. The molecule has 1 aromatic heterocycles. The van der Waals surface area contributed by atoms with Gasteiger partial charge in [0.25, 0.3) is 0 Å². The van der Waals surface area contributed by atoms with E-state index in [-0.39, 0.29) is 6.10 Å². The SMILES string of the molecule is CN=C(NCCn1cc(C)cn1)NCC1CCCOC1c1ccc(C)cc1. The molecule has 27 heavy (non-hydrogen) atoms. The predicted molar refractivity (Wildman–Crippen MR) is 109 cm³/mol. The highest BCUT2D eigenvalue weighted by atomic mass is 16.5. The van der Waals surface area contributed by atoms with Crippen LogP contribution in [-0.2, 0) is 11.3 Å². The second-order valence-corrected chi connectivity index (χ2v) is 7.27. The molecule has 2 unspecified atom stereocenters. The maximum atomic E-state index is 6.11. The van der Waals surface area contributed by atoms with Gasteiger partial charge in [-0.05, 0) is 37.8 Å². The quantitative estimate of drug-likeness (QED) is 0.607. The number of aromatic nitrogens is 2. The van der Waals surface area contributed by atoms with Crippen LogP contribution in [0.5, 0.6) is 0 Å². The average Bonchev–Trinajstić information content (AvgIpc) is 3.10. The maximum Gasteiger partial charge on any atom is 0.191 e. The van der Waals surface area contributed by atoms with Gasteiger partial charge in [0.15, 0.2) is 5.96 Å². The third kappa shape index (κ3) is 5.57. The van der Waals surface area contributed by atoms with Gasteiger partial charge in [-0.25, -0.2) is 0 Å². The van der Waals surface area contributed by atoms with Crippen LogP contribution in [0, 0.1) is 19.8 Å². The van der Waals surface area contributed by atoms with Gasteiger partial charge in [-0.3, -0.25) is 9.67 Å². The molecule has 6 heteroatoms. The largest absolute Gasteiger partial charge is 0.373 e. The topological polar surface area (TPSA) is 63.5 Å². The number of guanidine groups is 1. The molecule has 2 N–H and O–H groups in total. The molecule has 0 spiro atoms. The summed E-state index contributed by atoms with van der Waals surface area (Å²) < 4.78 is 8.05. The van der Waals surface area contributed by atoms with Crippen LogP contribution in [0.3, 0.4) is 0 Å². The van der Waals surface area contributed by atoms with Crippen LogP contribution in [-0.4, -0.2) is 42.5 Å². The first-order valence-electron chi connectivity index (χ1n) is 9.77. The summed E-state index contributed by atoms with van der Waals surface area (Å²) >= 11 is 0. The predicted octanol–water partition coefficient (Wildman–Crippen LogP) is 2.83. The van der Waals surface area contributed by atoms with E-state index >= 15 is 0 Å². The minimum atomic E-state index is 0.150. The number of rotatable bonds is 6. The van der Waals surface area contributed by atoms with E-state index in [0.29, 0.717) is 5.92 Å². The van der Waals surface area contributed by atoms with Crippen LogP contribution in [0.2, 0.25) is 0 Å². The molecule has 0 radical (unpaired) electrons. The lowest BCUT2D eigenvalue weighted by molar-refractivity contribution is -0.0265. The van der Waals surface area contributed by atoms with Crippen LogP contribution in [0.15, 0.2) is 41.7 Å². The van der Waals surface area contributed by atoms with Gasteiger partial charge in [-0.1, -0.05) is 29.8 Å². The Morgan fingerprint density at radius 1 is 1.22 bits per heavy atom. The number of nitrogens with zero attached hydrogens (tertiary/aromatic N) is 3. The number of hydrogen-bond acceptors (Lipinski definition) is 3. The fourth-order valence-electron chi connectivity index (χ4n) is 3.50. The highest BCUT2D eigenvalue weighted by Crippen LogP contribution is 2.33. The van der Waals surface area contributed by atoms with E-state index in [4.69, 9.17) is 4.74 Å². The third-order valence-corrected chi connectivity index (χ3v) is 5.00. The molecule has 2 atom stereocenters. The number of benzene rings is 1. The number of aryl methyl sites for hydroxylation is 2. The van der Waals surface area contributed by atoms with Gasteiger partial charge in [-0.2, -0.15) is 5.10 Å². The lowest BCUT2D eigenvalue weighted by Crippen LogP contribution is -2.42. The van der Waals surface area contributed by atoms with Crippen molar-refractivity contribution in [3.63, 3.8) is 0 Å². The Morgan fingerprint density at radius 2 is 2.04 bits per heavy atom. The molecule has 2 aromatic rings. The molecule has 0 bridgehead atoms. The smallest absolute Gasteiger partial charge is 0.191 e. The highest BCUT2D eigenvalue weighted by Gasteiger charge is 2.27. The Kier molecular flexibility index (Phi) is 6.87. The second-order valence-electron chi connectivity index (χ2n) is 7.27. The normalized spacial score (nSPS) is 20.5. The monoisotopic (exact) mass is 369 g/mol. The maximum absolute atomic E-state index is 6.11. The number of ether oxygens (including phenoxy) is 1. The molecule has 1 aliphatic rings. The van der Waals surface area contributed by atoms with E-state index in [1.165, 1.54) is 16.7 Å². The zero-order chi connectivity index (χ0) is 19.1. The fourth-order valence-corrected chi connectivity index (χ4v) is 3.50. The van der Waals surface area contributed by atoms with E-state index in [1.807, 2.05) is 31.0 Å². The molecule has 6 nitrogen and oxygen atoms in total. The Balaban J connectivity index is 1.50. The van der Waals surface area contributed by atoms with Gasteiger partial charge >= 0.3 is 0 Å².